The zero-order chi connectivity index (χ0) is 12.7. The topological polar surface area (TPSA) is 12.0 Å². The second-order valence-electron chi connectivity index (χ2n) is 6.42. The molecule has 1 saturated carbocycles. The van der Waals surface area contributed by atoms with Crippen molar-refractivity contribution in [1.29, 1.82) is 0 Å². The van der Waals surface area contributed by atoms with Crippen LogP contribution in [0.15, 0.2) is 0 Å². The Balaban J connectivity index is 2.26. The zero-order valence-corrected chi connectivity index (χ0v) is 12.5. The maximum atomic E-state index is 3.85. The van der Waals surface area contributed by atoms with Crippen LogP contribution in [-0.4, -0.2) is 12.1 Å². The van der Waals surface area contributed by atoms with Gasteiger partial charge in [-0.05, 0) is 44.4 Å². The second kappa shape index (κ2) is 8.13. The average molecular weight is 239 g/mol. The Morgan fingerprint density at radius 2 is 1.82 bits per heavy atom. The van der Waals surface area contributed by atoms with E-state index < -0.39 is 0 Å². The molecule has 1 heteroatoms. The minimum Gasteiger partial charge on any atom is -0.312 e. The quantitative estimate of drug-likeness (QED) is 0.659. The monoisotopic (exact) mass is 239 g/mol. The lowest BCUT2D eigenvalue weighted by Crippen LogP contribution is -2.36. The van der Waals surface area contributed by atoms with Crippen LogP contribution in [0.3, 0.4) is 0 Å². The van der Waals surface area contributed by atoms with Crippen LogP contribution < -0.4 is 5.32 Å². The van der Waals surface area contributed by atoms with Crippen LogP contribution in [0.25, 0.3) is 0 Å². The third-order valence-electron chi connectivity index (χ3n) is 4.47. The normalized spacial score (nSPS) is 28.1. The van der Waals surface area contributed by atoms with Gasteiger partial charge >= 0.3 is 0 Å². The molecule has 0 spiro atoms. The highest BCUT2D eigenvalue weighted by Crippen LogP contribution is 2.29. The van der Waals surface area contributed by atoms with Crippen molar-refractivity contribution in [3.8, 4) is 0 Å². The van der Waals surface area contributed by atoms with Gasteiger partial charge in [0.25, 0.3) is 0 Å². The highest BCUT2D eigenvalue weighted by atomic mass is 14.9. The molecule has 0 amide bonds. The summed E-state index contributed by atoms with van der Waals surface area (Å²) in [6, 6.07) is 1.51. The summed E-state index contributed by atoms with van der Waals surface area (Å²) in [5.41, 5.74) is 0. The molecule has 0 heterocycles. The van der Waals surface area contributed by atoms with Crippen molar-refractivity contribution in [2.45, 2.75) is 91.1 Å². The van der Waals surface area contributed by atoms with Crippen molar-refractivity contribution >= 4 is 0 Å². The molecule has 1 rings (SSSR count). The molecular weight excluding hydrogens is 206 g/mol. The second-order valence-corrected chi connectivity index (χ2v) is 6.42. The molecule has 0 aromatic rings. The maximum absolute atomic E-state index is 3.85. The fourth-order valence-corrected chi connectivity index (χ4v) is 3.16. The van der Waals surface area contributed by atoms with Gasteiger partial charge in [-0.2, -0.15) is 0 Å². The molecule has 0 radical (unpaired) electrons. The fourth-order valence-electron chi connectivity index (χ4n) is 3.16. The first-order valence-corrected chi connectivity index (χ1v) is 7.89. The van der Waals surface area contributed by atoms with E-state index in [1.807, 2.05) is 0 Å². The summed E-state index contributed by atoms with van der Waals surface area (Å²) in [6.07, 6.45) is 11.2. The van der Waals surface area contributed by atoms with Gasteiger partial charge in [0.15, 0.2) is 0 Å². The number of rotatable bonds is 6. The molecule has 1 aliphatic rings. The Labute approximate surface area is 109 Å². The smallest absolute Gasteiger partial charge is 0.00696 e. The van der Waals surface area contributed by atoms with Crippen molar-refractivity contribution in [3.63, 3.8) is 0 Å². The van der Waals surface area contributed by atoms with Crippen molar-refractivity contribution in [1.82, 2.24) is 5.32 Å². The molecule has 3 unspecified atom stereocenters. The highest BCUT2D eigenvalue weighted by molar-refractivity contribution is 4.78. The van der Waals surface area contributed by atoms with Crippen LogP contribution in [0.5, 0.6) is 0 Å². The Morgan fingerprint density at radius 3 is 2.47 bits per heavy atom. The third-order valence-corrected chi connectivity index (χ3v) is 4.47. The van der Waals surface area contributed by atoms with Gasteiger partial charge < -0.3 is 5.32 Å². The molecular formula is C16H33N. The Hall–Kier alpha value is -0.0400. The van der Waals surface area contributed by atoms with Gasteiger partial charge in [0, 0.05) is 12.1 Å². The summed E-state index contributed by atoms with van der Waals surface area (Å²) < 4.78 is 0. The van der Waals surface area contributed by atoms with Gasteiger partial charge in [-0.3, -0.25) is 0 Å². The lowest BCUT2D eigenvalue weighted by Gasteiger charge is -2.22. The Bertz CT molecular complexity index is 188. The Kier molecular flexibility index (Phi) is 7.18. The molecule has 0 aliphatic heterocycles. The van der Waals surface area contributed by atoms with Gasteiger partial charge in [0.05, 0.1) is 0 Å². The van der Waals surface area contributed by atoms with Crippen LogP contribution >= 0.6 is 0 Å². The molecule has 0 aromatic carbocycles. The first-order valence-electron chi connectivity index (χ1n) is 7.89. The predicted octanol–water partition coefficient (Wildman–Crippen LogP) is 4.76. The van der Waals surface area contributed by atoms with Crippen LogP contribution in [0.2, 0.25) is 0 Å². The standard InChI is InChI=1S/C16H33N/c1-5-6-8-14(4)17-16-10-7-9-15(11-12-16)13(2)3/h13-17H,5-12H2,1-4H3. The molecule has 1 nitrogen and oxygen atoms in total. The van der Waals surface area contributed by atoms with Crippen LogP contribution in [0, 0.1) is 11.8 Å². The first-order chi connectivity index (χ1) is 8.13. The minimum absolute atomic E-state index is 0.718. The molecule has 0 bridgehead atoms. The number of hydrogen-bond donors (Lipinski definition) is 1. The van der Waals surface area contributed by atoms with Crippen LogP contribution in [0.1, 0.15) is 79.1 Å². The van der Waals surface area contributed by atoms with E-state index in [4.69, 9.17) is 0 Å². The van der Waals surface area contributed by atoms with Crippen LogP contribution in [-0.2, 0) is 0 Å². The summed E-state index contributed by atoms with van der Waals surface area (Å²) in [5.74, 6) is 1.86. The molecule has 0 aromatic heterocycles. The molecule has 0 saturated heterocycles. The molecule has 1 N–H and O–H groups in total. The maximum Gasteiger partial charge on any atom is 0.00696 e. The Morgan fingerprint density at radius 1 is 1.06 bits per heavy atom. The summed E-state index contributed by atoms with van der Waals surface area (Å²) in [7, 11) is 0. The van der Waals surface area contributed by atoms with Gasteiger partial charge in [0.1, 0.15) is 0 Å². The van der Waals surface area contributed by atoms with E-state index in [0.717, 1.165) is 23.9 Å². The summed E-state index contributed by atoms with van der Waals surface area (Å²) in [4.78, 5) is 0. The van der Waals surface area contributed by atoms with Crippen molar-refractivity contribution in [2.75, 3.05) is 0 Å². The van der Waals surface area contributed by atoms with Crippen LogP contribution in [0.4, 0.5) is 0 Å². The summed E-state index contributed by atoms with van der Waals surface area (Å²) in [6.45, 7) is 9.43. The van der Waals surface area contributed by atoms with E-state index in [1.54, 1.807) is 0 Å². The zero-order valence-electron chi connectivity index (χ0n) is 12.5. The number of nitrogens with one attached hydrogen (secondary N) is 1. The summed E-state index contributed by atoms with van der Waals surface area (Å²) in [5, 5.41) is 3.85. The van der Waals surface area contributed by atoms with E-state index in [2.05, 4.69) is 33.0 Å². The van der Waals surface area contributed by atoms with E-state index in [1.165, 1.54) is 51.4 Å². The van der Waals surface area contributed by atoms with E-state index >= 15 is 0 Å². The largest absolute Gasteiger partial charge is 0.312 e. The summed E-state index contributed by atoms with van der Waals surface area (Å²) >= 11 is 0. The van der Waals surface area contributed by atoms with Gasteiger partial charge in [-0.15, -0.1) is 0 Å². The number of hydrogen-bond acceptors (Lipinski definition) is 1. The van der Waals surface area contributed by atoms with Crippen molar-refractivity contribution < 1.29 is 0 Å². The lowest BCUT2D eigenvalue weighted by atomic mass is 9.89. The third kappa shape index (κ3) is 5.90. The lowest BCUT2D eigenvalue weighted by molar-refractivity contribution is 0.333. The van der Waals surface area contributed by atoms with Crippen molar-refractivity contribution in [3.05, 3.63) is 0 Å². The van der Waals surface area contributed by atoms with Gasteiger partial charge in [-0.25, -0.2) is 0 Å². The molecule has 3 atom stereocenters. The first kappa shape index (κ1) is 15.0. The highest BCUT2D eigenvalue weighted by Gasteiger charge is 2.21. The van der Waals surface area contributed by atoms with E-state index in [0.29, 0.717) is 0 Å². The van der Waals surface area contributed by atoms with Crippen molar-refractivity contribution in [2.24, 2.45) is 11.8 Å². The SMILES string of the molecule is CCCCC(C)NC1CCCC(C(C)C)CC1. The molecule has 17 heavy (non-hydrogen) atoms. The predicted molar refractivity (Wildman–Crippen MR) is 77.3 cm³/mol. The van der Waals surface area contributed by atoms with E-state index in [-0.39, 0.29) is 0 Å². The van der Waals surface area contributed by atoms with Gasteiger partial charge in [0.2, 0.25) is 0 Å². The van der Waals surface area contributed by atoms with Gasteiger partial charge in [-0.1, -0.05) is 46.5 Å². The molecule has 1 aliphatic carbocycles. The number of unbranched alkanes of at least 4 members (excludes halogenated alkanes) is 1. The molecule has 1 fully saturated rings. The fraction of sp³-hybridized carbons (Fsp3) is 1.00. The molecule has 102 valence electrons. The van der Waals surface area contributed by atoms with E-state index in [9.17, 15) is 0 Å². The average Bonchev–Trinajstić information content (AvgIpc) is 2.52. The minimum atomic E-state index is 0.718.